The number of nitrogens with one attached hydrogen (secondary N) is 1. The third-order valence-corrected chi connectivity index (χ3v) is 4.18. The van der Waals surface area contributed by atoms with Crippen molar-refractivity contribution in [3.05, 3.63) is 71.3 Å². The number of carboxylic acids is 1. The van der Waals surface area contributed by atoms with Gasteiger partial charge in [0.15, 0.2) is 0 Å². The Kier molecular flexibility index (Phi) is 7.03. The number of hydrogen-bond acceptors (Lipinski definition) is 3. The van der Waals surface area contributed by atoms with Gasteiger partial charge in [-0.05, 0) is 29.5 Å². The zero-order valence-electron chi connectivity index (χ0n) is 15.1. The van der Waals surface area contributed by atoms with E-state index in [-0.39, 0.29) is 13.0 Å². The molecular formula is C20H20F3NO4. The van der Waals surface area contributed by atoms with Crippen LogP contribution in [0.5, 0.6) is 0 Å². The highest BCUT2D eigenvalue weighted by atomic mass is 19.4. The molecule has 28 heavy (non-hydrogen) atoms. The molecule has 2 N–H and O–H groups in total. The second kappa shape index (κ2) is 9.25. The van der Waals surface area contributed by atoms with E-state index in [0.717, 1.165) is 17.7 Å². The summed E-state index contributed by atoms with van der Waals surface area (Å²) in [6.07, 6.45) is -5.48. The summed E-state index contributed by atoms with van der Waals surface area (Å²) in [5, 5.41) is 11.6. The van der Waals surface area contributed by atoms with Crippen molar-refractivity contribution in [2.45, 2.75) is 38.1 Å². The maximum atomic E-state index is 12.9. The van der Waals surface area contributed by atoms with Crippen molar-refractivity contribution < 1.29 is 32.6 Å². The van der Waals surface area contributed by atoms with Gasteiger partial charge in [-0.2, -0.15) is 13.2 Å². The summed E-state index contributed by atoms with van der Waals surface area (Å²) in [5.41, 5.74) is 0.265. The van der Waals surface area contributed by atoms with E-state index >= 15 is 0 Å². The van der Waals surface area contributed by atoms with Crippen molar-refractivity contribution in [3.63, 3.8) is 0 Å². The van der Waals surface area contributed by atoms with E-state index < -0.39 is 35.8 Å². The van der Waals surface area contributed by atoms with Gasteiger partial charge < -0.3 is 15.2 Å². The molecule has 2 atom stereocenters. The lowest BCUT2D eigenvalue weighted by molar-refractivity contribution is -0.140. The van der Waals surface area contributed by atoms with Crippen molar-refractivity contribution in [3.8, 4) is 0 Å². The number of amides is 1. The molecule has 0 aliphatic heterocycles. The lowest BCUT2D eigenvalue weighted by atomic mass is 9.92. The first-order valence-electron chi connectivity index (χ1n) is 8.54. The van der Waals surface area contributed by atoms with Crippen LogP contribution in [-0.4, -0.2) is 23.2 Å². The molecule has 2 rings (SSSR count). The van der Waals surface area contributed by atoms with Gasteiger partial charge in [0.05, 0.1) is 5.56 Å². The van der Waals surface area contributed by atoms with Gasteiger partial charge in [0.1, 0.15) is 12.6 Å². The van der Waals surface area contributed by atoms with Crippen LogP contribution in [0.25, 0.3) is 0 Å². The van der Waals surface area contributed by atoms with Gasteiger partial charge in [-0.25, -0.2) is 9.59 Å². The Bertz CT molecular complexity index is 809. The number of alkyl carbamates (subject to hydrolysis) is 1. The summed E-state index contributed by atoms with van der Waals surface area (Å²) in [5.74, 6) is -1.83. The molecule has 5 nitrogen and oxygen atoms in total. The number of alkyl halides is 3. The summed E-state index contributed by atoms with van der Waals surface area (Å²) < 4.78 is 43.6. The van der Waals surface area contributed by atoms with Crippen LogP contribution in [-0.2, 0) is 22.3 Å². The monoisotopic (exact) mass is 395 g/mol. The molecule has 2 aromatic carbocycles. The van der Waals surface area contributed by atoms with E-state index in [4.69, 9.17) is 4.74 Å². The molecule has 0 saturated heterocycles. The summed E-state index contributed by atoms with van der Waals surface area (Å²) in [6, 6.07) is 12.2. The molecule has 0 aliphatic rings. The summed E-state index contributed by atoms with van der Waals surface area (Å²) in [4.78, 5) is 23.3. The normalized spacial score (nSPS) is 13.4. The van der Waals surface area contributed by atoms with Gasteiger partial charge >= 0.3 is 18.2 Å². The maximum Gasteiger partial charge on any atom is 0.416 e. The van der Waals surface area contributed by atoms with Crippen LogP contribution < -0.4 is 5.32 Å². The van der Waals surface area contributed by atoms with Crippen molar-refractivity contribution in [1.82, 2.24) is 5.32 Å². The Morgan fingerprint density at radius 3 is 2.39 bits per heavy atom. The quantitative estimate of drug-likeness (QED) is 0.720. The van der Waals surface area contributed by atoms with Crippen LogP contribution in [0.15, 0.2) is 54.6 Å². The third kappa shape index (κ3) is 6.29. The van der Waals surface area contributed by atoms with Gasteiger partial charge in [-0.15, -0.1) is 0 Å². The number of rotatable bonds is 7. The predicted molar refractivity (Wildman–Crippen MR) is 95.7 cm³/mol. The van der Waals surface area contributed by atoms with Crippen molar-refractivity contribution >= 4 is 12.1 Å². The molecule has 0 fully saturated rings. The average molecular weight is 395 g/mol. The third-order valence-electron chi connectivity index (χ3n) is 4.18. The van der Waals surface area contributed by atoms with Gasteiger partial charge in [-0.1, -0.05) is 55.5 Å². The maximum absolute atomic E-state index is 12.9. The number of halogens is 3. The van der Waals surface area contributed by atoms with E-state index in [1.807, 2.05) is 0 Å². The Morgan fingerprint density at radius 1 is 1.11 bits per heavy atom. The van der Waals surface area contributed by atoms with Crippen LogP contribution >= 0.6 is 0 Å². The fourth-order valence-corrected chi connectivity index (χ4v) is 2.64. The van der Waals surface area contributed by atoms with Crippen molar-refractivity contribution in [1.29, 1.82) is 0 Å². The molecular weight excluding hydrogens is 375 g/mol. The first-order valence-corrected chi connectivity index (χ1v) is 8.54. The molecule has 1 amide bonds. The first-order chi connectivity index (χ1) is 13.2. The lowest BCUT2D eigenvalue weighted by Gasteiger charge is -2.20. The minimum Gasteiger partial charge on any atom is -0.480 e. The molecule has 2 aromatic rings. The summed E-state index contributed by atoms with van der Waals surface area (Å²) in [7, 11) is 0. The number of carbonyl (C=O) groups excluding carboxylic acids is 1. The molecule has 150 valence electrons. The molecule has 0 saturated carbocycles. The number of carbonyl (C=O) groups is 2. The van der Waals surface area contributed by atoms with Gasteiger partial charge in [0.2, 0.25) is 0 Å². The number of hydrogen-bond donors (Lipinski definition) is 2. The van der Waals surface area contributed by atoms with Gasteiger partial charge in [-0.3, -0.25) is 0 Å². The Hall–Kier alpha value is -3.03. The van der Waals surface area contributed by atoms with Crippen LogP contribution in [0.4, 0.5) is 18.0 Å². The zero-order valence-corrected chi connectivity index (χ0v) is 15.1. The highest BCUT2D eigenvalue weighted by Crippen LogP contribution is 2.32. The van der Waals surface area contributed by atoms with Crippen LogP contribution in [0.3, 0.4) is 0 Å². The van der Waals surface area contributed by atoms with E-state index in [9.17, 15) is 27.9 Å². The van der Waals surface area contributed by atoms with Crippen molar-refractivity contribution in [2.75, 3.05) is 0 Å². The number of ether oxygens (including phenoxy) is 1. The van der Waals surface area contributed by atoms with Crippen LogP contribution in [0, 0.1) is 0 Å². The predicted octanol–water partition coefficient (Wildman–Crippen LogP) is 4.58. The highest BCUT2D eigenvalue weighted by molar-refractivity contribution is 5.79. The largest absolute Gasteiger partial charge is 0.480 e. The molecule has 0 heterocycles. The topological polar surface area (TPSA) is 75.6 Å². The van der Waals surface area contributed by atoms with E-state index in [1.165, 1.54) is 12.1 Å². The number of benzene rings is 2. The van der Waals surface area contributed by atoms with Crippen LogP contribution in [0.1, 0.15) is 36.0 Å². The highest BCUT2D eigenvalue weighted by Gasteiger charge is 2.31. The van der Waals surface area contributed by atoms with Crippen LogP contribution in [0.2, 0.25) is 0 Å². The Labute approximate surface area is 160 Å². The molecule has 0 aliphatic carbocycles. The molecule has 8 heteroatoms. The molecule has 0 bridgehead atoms. The van der Waals surface area contributed by atoms with E-state index in [2.05, 4.69) is 5.32 Å². The molecule has 0 radical (unpaired) electrons. The first kappa shape index (κ1) is 21.3. The van der Waals surface area contributed by atoms with Gasteiger partial charge in [0, 0.05) is 0 Å². The Morgan fingerprint density at radius 2 is 1.79 bits per heavy atom. The standard InChI is InChI=1S/C20H20F3NO4/c1-13(15-8-5-9-16(11-15)20(21,22)23)10-17(18(25)26)24-19(27)28-12-14-6-3-2-4-7-14/h2-9,11,13,17H,10,12H2,1H3,(H,24,27)(H,25,26)/t13?,17-/m1/s1. The molecule has 0 spiro atoms. The fraction of sp³-hybridized carbons (Fsp3) is 0.300. The molecule has 0 aromatic heterocycles. The zero-order chi connectivity index (χ0) is 20.7. The molecule has 1 unspecified atom stereocenters. The number of aliphatic carboxylic acids is 1. The summed E-state index contributed by atoms with van der Waals surface area (Å²) in [6.45, 7) is 1.57. The number of carboxylic acid groups (broad SMARTS) is 1. The van der Waals surface area contributed by atoms with Gasteiger partial charge in [0.25, 0.3) is 0 Å². The van der Waals surface area contributed by atoms with Crippen molar-refractivity contribution in [2.24, 2.45) is 0 Å². The minimum atomic E-state index is -4.48. The van der Waals surface area contributed by atoms with E-state index in [1.54, 1.807) is 37.3 Å². The summed E-state index contributed by atoms with van der Waals surface area (Å²) >= 11 is 0. The SMILES string of the molecule is CC(C[C@@H](NC(=O)OCc1ccccc1)C(=O)O)c1cccc(C(F)(F)F)c1. The lowest BCUT2D eigenvalue weighted by Crippen LogP contribution is -2.41. The fourth-order valence-electron chi connectivity index (χ4n) is 2.64. The second-order valence-electron chi connectivity index (χ2n) is 6.36. The Balaban J connectivity index is 1.98. The average Bonchev–Trinajstić information content (AvgIpc) is 2.66. The smallest absolute Gasteiger partial charge is 0.416 e. The van der Waals surface area contributed by atoms with E-state index in [0.29, 0.717) is 5.56 Å². The second-order valence-corrected chi connectivity index (χ2v) is 6.36. The minimum absolute atomic E-state index is 0.0256.